The second-order valence-corrected chi connectivity index (χ2v) is 7.25. The van der Waals surface area contributed by atoms with Crippen molar-refractivity contribution in [3.05, 3.63) is 84.1 Å². The molecule has 4 nitrogen and oxygen atoms in total. The van der Waals surface area contributed by atoms with Crippen molar-refractivity contribution >= 4 is 11.7 Å². The Morgan fingerprint density at radius 2 is 1.67 bits per heavy atom. The van der Waals surface area contributed by atoms with E-state index in [0.29, 0.717) is 30.9 Å². The minimum atomic E-state index is -4.40. The maximum atomic E-state index is 12.7. The number of carbonyl (C=O) groups excluding carboxylic acids is 1. The molecule has 0 radical (unpaired) electrons. The molecule has 2 aromatic carbocycles. The van der Waals surface area contributed by atoms with E-state index < -0.39 is 11.7 Å². The van der Waals surface area contributed by atoms with Crippen LogP contribution in [0.3, 0.4) is 0 Å². The number of hydrogen-bond donors (Lipinski definition) is 1. The minimum Gasteiger partial charge on any atom is -0.354 e. The Morgan fingerprint density at radius 3 is 2.30 bits per heavy atom. The Labute approximate surface area is 172 Å². The molecule has 1 aliphatic rings. The van der Waals surface area contributed by atoms with Gasteiger partial charge in [0, 0.05) is 30.9 Å². The van der Waals surface area contributed by atoms with E-state index in [9.17, 15) is 18.0 Å². The van der Waals surface area contributed by atoms with Crippen LogP contribution in [0.4, 0.5) is 19.0 Å². The Hall–Kier alpha value is -3.35. The quantitative estimate of drug-likeness (QED) is 0.672. The molecule has 1 fully saturated rings. The number of anilines is 1. The number of nitrogens with zero attached hydrogens (tertiary/aromatic N) is 2. The number of hydrogen-bond acceptors (Lipinski definition) is 3. The van der Waals surface area contributed by atoms with Crippen molar-refractivity contribution in [2.75, 3.05) is 18.0 Å². The smallest absolute Gasteiger partial charge is 0.354 e. The van der Waals surface area contributed by atoms with Crippen LogP contribution in [0.25, 0.3) is 11.1 Å². The van der Waals surface area contributed by atoms with Gasteiger partial charge in [-0.1, -0.05) is 42.5 Å². The van der Waals surface area contributed by atoms with E-state index in [1.165, 1.54) is 6.07 Å². The number of amides is 1. The molecule has 2 heterocycles. The van der Waals surface area contributed by atoms with Crippen LogP contribution >= 0.6 is 0 Å². The normalized spacial score (nSPS) is 16.5. The molecule has 7 heteroatoms. The fraction of sp³-hybridized carbons (Fsp3) is 0.217. The van der Waals surface area contributed by atoms with E-state index in [1.54, 1.807) is 12.1 Å². The highest BCUT2D eigenvalue weighted by atomic mass is 19.4. The van der Waals surface area contributed by atoms with Crippen LogP contribution in [-0.4, -0.2) is 30.0 Å². The van der Waals surface area contributed by atoms with Crippen molar-refractivity contribution in [3.63, 3.8) is 0 Å². The predicted molar refractivity (Wildman–Crippen MR) is 109 cm³/mol. The van der Waals surface area contributed by atoms with Gasteiger partial charge in [-0.15, -0.1) is 0 Å². The van der Waals surface area contributed by atoms with Gasteiger partial charge in [0.15, 0.2) is 0 Å². The van der Waals surface area contributed by atoms with Gasteiger partial charge in [0.1, 0.15) is 5.82 Å². The Morgan fingerprint density at radius 1 is 0.967 bits per heavy atom. The van der Waals surface area contributed by atoms with Crippen LogP contribution in [0, 0.1) is 0 Å². The molecule has 0 saturated carbocycles. The van der Waals surface area contributed by atoms with Crippen LogP contribution in [0.1, 0.15) is 22.3 Å². The number of benzene rings is 2. The molecule has 1 amide bonds. The zero-order chi connectivity index (χ0) is 21.1. The molecule has 1 saturated heterocycles. The van der Waals surface area contributed by atoms with Gasteiger partial charge in [-0.2, -0.15) is 13.2 Å². The molecule has 1 aliphatic heterocycles. The van der Waals surface area contributed by atoms with Crippen LogP contribution in [0.2, 0.25) is 0 Å². The number of aromatic nitrogens is 1. The van der Waals surface area contributed by atoms with Gasteiger partial charge < -0.3 is 10.2 Å². The molecule has 0 aliphatic carbocycles. The predicted octanol–water partition coefficient (Wildman–Crippen LogP) is 4.78. The third-order valence-electron chi connectivity index (χ3n) is 5.18. The monoisotopic (exact) mass is 411 g/mol. The van der Waals surface area contributed by atoms with Crippen molar-refractivity contribution in [1.82, 2.24) is 10.3 Å². The van der Waals surface area contributed by atoms with Crippen LogP contribution < -0.4 is 10.2 Å². The molecule has 0 bridgehead atoms. The van der Waals surface area contributed by atoms with Gasteiger partial charge in [-0.3, -0.25) is 4.79 Å². The third kappa shape index (κ3) is 4.45. The largest absolute Gasteiger partial charge is 0.417 e. The first-order valence-corrected chi connectivity index (χ1v) is 9.65. The van der Waals surface area contributed by atoms with Crippen LogP contribution in [0.5, 0.6) is 0 Å². The Balaban J connectivity index is 1.36. The number of carbonyl (C=O) groups is 1. The van der Waals surface area contributed by atoms with Crippen molar-refractivity contribution in [1.29, 1.82) is 0 Å². The highest BCUT2D eigenvalue weighted by Gasteiger charge is 2.31. The maximum absolute atomic E-state index is 12.7. The first-order chi connectivity index (χ1) is 14.4. The van der Waals surface area contributed by atoms with Crippen molar-refractivity contribution < 1.29 is 18.0 Å². The second kappa shape index (κ2) is 8.18. The molecule has 30 heavy (non-hydrogen) atoms. The van der Waals surface area contributed by atoms with Crippen molar-refractivity contribution in [2.24, 2.45) is 0 Å². The summed E-state index contributed by atoms with van der Waals surface area (Å²) in [7, 11) is 0. The lowest BCUT2D eigenvalue weighted by Crippen LogP contribution is -2.37. The molecular formula is C23H20F3N3O. The van der Waals surface area contributed by atoms with E-state index in [4.69, 9.17) is 0 Å². The Kier molecular flexibility index (Phi) is 5.44. The summed E-state index contributed by atoms with van der Waals surface area (Å²) < 4.78 is 38.1. The van der Waals surface area contributed by atoms with E-state index in [0.717, 1.165) is 23.4 Å². The van der Waals surface area contributed by atoms with Crippen molar-refractivity contribution in [3.8, 4) is 11.1 Å². The summed E-state index contributed by atoms with van der Waals surface area (Å²) in [6, 6.07) is 19.6. The zero-order valence-electron chi connectivity index (χ0n) is 16.1. The molecule has 1 unspecified atom stereocenters. The van der Waals surface area contributed by atoms with Gasteiger partial charge in [-0.05, 0) is 41.8 Å². The topological polar surface area (TPSA) is 45.2 Å². The van der Waals surface area contributed by atoms with E-state index in [1.807, 2.05) is 47.4 Å². The van der Waals surface area contributed by atoms with Crippen molar-refractivity contribution in [2.45, 2.75) is 18.6 Å². The molecular weight excluding hydrogens is 391 g/mol. The summed E-state index contributed by atoms with van der Waals surface area (Å²) in [6.45, 7) is 1.13. The first kappa shape index (κ1) is 19.9. The van der Waals surface area contributed by atoms with Gasteiger partial charge in [0.25, 0.3) is 5.91 Å². The lowest BCUT2D eigenvalue weighted by Gasteiger charge is -2.18. The molecule has 1 atom stereocenters. The lowest BCUT2D eigenvalue weighted by molar-refractivity contribution is -0.137. The summed E-state index contributed by atoms with van der Waals surface area (Å²) in [4.78, 5) is 18.4. The highest BCUT2D eigenvalue weighted by Crippen LogP contribution is 2.30. The highest BCUT2D eigenvalue weighted by molar-refractivity contribution is 5.95. The van der Waals surface area contributed by atoms with E-state index in [2.05, 4.69) is 10.3 Å². The molecule has 4 rings (SSSR count). The summed E-state index contributed by atoms with van der Waals surface area (Å²) in [5.41, 5.74) is 1.92. The number of rotatable bonds is 4. The standard InChI is InChI=1S/C23H20F3N3O/c24-23(25,26)19-10-11-21(27-14-19)29-13-12-20(15-29)28-22(30)18-8-6-17(7-9-18)16-4-2-1-3-5-16/h1-11,14,20H,12-13,15H2,(H,28,30). The molecule has 1 N–H and O–H groups in total. The Bertz CT molecular complexity index is 1000. The number of pyridine rings is 1. The lowest BCUT2D eigenvalue weighted by atomic mass is 10.0. The molecule has 1 aromatic heterocycles. The second-order valence-electron chi connectivity index (χ2n) is 7.25. The molecule has 154 valence electrons. The van der Waals surface area contributed by atoms with Gasteiger partial charge in [0.05, 0.1) is 5.56 Å². The van der Waals surface area contributed by atoms with E-state index >= 15 is 0 Å². The summed E-state index contributed by atoms with van der Waals surface area (Å²) in [5, 5.41) is 3.00. The number of halogens is 3. The van der Waals surface area contributed by atoms with Gasteiger partial charge >= 0.3 is 6.18 Å². The maximum Gasteiger partial charge on any atom is 0.417 e. The summed E-state index contributed by atoms with van der Waals surface area (Å²) in [5.74, 6) is 0.314. The molecule has 0 spiro atoms. The van der Waals surface area contributed by atoms with Gasteiger partial charge in [-0.25, -0.2) is 4.98 Å². The van der Waals surface area contributed by atoms with Gasteiger partial charge in [0.2, 0.25) is 0 Å². The van der Waals surface area contributed by atoms with Crippen LogP contribution in [0.15, 0.2) is 72.9 Å². The molecule has 3 aromatic rings. The van der Waals surface area contributed by atoms with E-state index in [-0.39, 0.29) is 11.9 Å². The summed E-state index contributed by atoms with van der Waals surface area (Å²) >= 11 is 0. The number of nitrogens with one attached hydrogen (secondary N) is 1. The SMILES string of the molecule is O=C(NC1CCN(c2ccc(C(F)(F)F)cn2)C1)c1ccc(-c2ccccc2)cc1. The fourth-order valence-corrected chi connectivity index (χ4v) is 3.54. The fourth-order valence-electron chi connectivity index (χ4n) is 3.54. The average molecular weight is 411 g/mol. The average Bonchev–Trinajstić information content (AvgIpc) is 3.22. The summed E-state index contributed by atoms with van der Waals surface area (Å²) in [6.07, 6.45) is -2.85. The number of alkyl halides is 3. The minimum absolute atomic E-state index is 0.0876. The zero-order valence-corrected chi connectivity index (χ0v) is 16.1. The third-order valence-corrected chi connectivity index (χ3v) is 5.18. The van der Waals surface area contributed by atoms with Crippen LogP contribution in [-0.2, 0) is 6.18 Å². The first-order valence-electron chi connectivity index (χ1n) is 9.65.